The number of rotatable bonds is 2. The van der Waals surface area contributed by atoms with Crippen molar-refractivity contribution in [1.82, 2.24) is 0 Å². The van der Waals surface area contributed by atoms with E-state index in [4.69, 9.17) is 10.5 Å². The number of ketones is 1. The molecular weight excluding hydrogens is 130 g/mol. The van der Waals surface area contributed by atoms with Gasteiger partial charge >= 0.3 is 0 Å². The zero-order chi connectivity index (χ0) is 7.56. The summed E-state index contributed by atoms with van der Waals surface area (Å²) >= 11 is 0. The summed E-state index contributed by atoms with van der Waals surface area (Å²) in [5.41, 5.74) is 5.53. The molecule has 3 heteroatoms. The molecule has 1 fully saturated rings. The zero-order valence-corrected chi connectivity index (χ0v) is 6.17. The van der Waals surface area contributed by atoms with Crippen molar-refractivity contribution in [2.24, 2.45) is 5.73 Å². The Bertz CT molecular complexity index is 136. The Balaban J connectivity index is 2.41. The van der Waals surface area contributed by atoms with E-state index >= 15 is 0 Å². The highest BCUT2D eigenvalue weighted by molar-refractivity contribution is 5.87. The average Bonchev–Trinajstić information content (AvgIpc) is 2.20. The number of carbonyl (C=O) groups is 1. The van der Waals surface area contributed by atoms with Crippen LogP contribution in [0.5, 0.6) is 0 Å². The summed E-state index contributed by atoms with van der Waals surface area (Å²) in [7, 11) is 0. The van der Waals surface area contributed by atoms with Crippen LogP contribution in [0.1, 0.15) is 19.8 Å². The van der Waals surface area contributed by atoms with Gasteiger partial charge < -0.3 is 10.5 Å². The van der Waals surface area contributed by atoms with Gasteiger partial charge in [0.25, 0.3) is 0 Å². The van der Waals surface area contributed by atoms with E-state index in [1.165, 1.54) is 0 Å². The van der Waals surface area contributed by atoms with E-state index in [0.717, 1.165) is 12.8 Å². The lowest BCUT2D eigenvalue weighted by Gasteiger charge is -2.10. The third-order valence-corrected chi connectivity index (χ3v) is 1.79. The summed E-state index contributed by atoms with van der Waals surface area (Å²) < 4.78 is 5.14. The third-order valence-electron chi connectivity index (χ3n) is 1.79. The van der Waals surface area contributed by atoms with Gasteiger partial charge in [0.1, 0.15) is 6.61 Å². The van der Waals surface area contributed by atoms with Crippen molar-refractivity contribution in [3.8, 4) is 0 Å². The maximum absolute atomic E-state index is 10.8. The molecule has 0 aliphatic carbocycles. The van der Waals surface area contributed by atoms with E-state index in [1.807, 2.05) is 0 Å². The van der Waals surface area contributed by atoms with Gasteiger partial charge in [-0.3, -0.25) is 4.79 Å². The summed E-state index contributed by atoms with van der Waals surface area (Å²) in [6.45, 7) is 2.27. The highest BCUT2D eigenvalue weighted by Gasteiger charge is 2.31. The molecule has 0 amide bonds. The normalized spacial score (nSPS) is 33.2. The van der Waals surface area contributed by atoms with Crippen LogP contribution in [0.4, 0.5) is 0 Å². The van der Waals surface area contributed by atoms with Gasteiger partial charge in [-0.2, -0.15) is 0 Å². The van der Waals surface area contributed by atoms with Crippen LogP contribution in [0.15, 0.2) is 0 Å². The highest BCUT2D eigenvalue weighted by Crippen LogP contribution is 2.12. The Morgan fingerprint density at radius 2 is 2.50 bits per heavy atom. The maximum atomic E-state index is 10.8. The highest BCUT2D eigenvalue weighted by atomic mass is 16.5. The monoisotopic (exact) mass is 143 g/mol. The number of hydrogen-bond acceptors (Lipinski definition) is 3. The first-order valence-electron chi connectivity index (χ1n) is 3.65. The van der Waals surface area contributed by atoms with Gasteiger partial charge in [0, 0.05) is 0 Å². The van der Waals surface area contributed by atoms with E-state index in [9.17, 15) is 4.79 Å². The van der Waals surface area contributed by atoms with Crippen LogP contribution >= 0.6 is 0 Å². The fraction of sp³-hybridized carbons (Fsp3) is 0.857. The smallest absolute Gasteiger partial charge is 0.177 e. The largest absolute Gasteiger partial charge is 0.368 e. The van der Waals surface area contributed by atoms with Gasteiger partial charge in [0.15, 0.2) is 5.78 Å². The summed E-state index contributed by atoms with van der Waals surface area (Å²) in [5, 5.41) is 0. The Kier molecular flexibility index (Phi) is 2.40. The standard InChI is InChI=1S/C7H13NO2/c1-2-3-6-7(8)5(9)4-10-6/h6-7H,2-4,8H2,1H3. The van der Waals surface area contributed by atoms with E-state index in [1.54, 1.807) is 0 Å². The molecule has 0 bridgehead atoms. The molecule has 1 saturated heterocycles. The lowest BCUT2D eigenvalue weighted by Crippen LogP contribution is -2.35. The van der Waals surface area contributed by atoms with Gasteiger partial charge in [-0.15, -0.1) is 0 Å². The van der Waals surface area contributed by atoms with Gasteiger partial charge in [-0.25, -0.2) is 0 Å². The molecule has 1 rings (SSSR count). The second-order valence-electron chi connectivity index (χ2n) is 2.63. The molecule has 2 N–H and O–H groups in total. The SMILES string of the molecule is CCCC1OCC(=O)C1N. The van der Waals surface area contributed by atoms with Gasteiger partial charge in [0.05, 0.1) is 12.1 Å². The molecule has 3 nitrogen and oxygen atoms in total. The first-order chi connectivity index (χ1) is 4.75. The molecule has 1 aliphatic rings. The van der Waals surface area contributed by atoms with Crippen LogP contribution in [0.3, 0.4) is 0 Å². The maximum Gasteiger partial charge on any atom is 0.177 e. The minimum atomic E-state index is -0.361. The van der Waals surface area contributed by atoms with E-state index < -0.39 is 0 Å². The summed E-state index contributed by atoms with van der Waals surface area (Å²) in [6, 6.07) is -0.361. The van der Waals surface area contributed by atoms with Crippen molar-refractivity contribution >= 4 is 5.78 Å². The van der Waals surface area contributed by atoms with Crippen molar-refractivity contribution in [1.29, 1.82) is 0 Å². The van der Waals surface area contributed by atoms with Crippen LogP contribution in [0.25, 0.3) is 0 Å². The fourth-order valence-electron chi connectivity index (χ4n) is 1.14. The van der Waals surface area contributed by atoms with Crippen LogP contribution < -0.4 is 5.73 Å². The second kappa shape index (κ2) is 3.12. The molecule has 0 aromatic rings. The molecule has 0 aromatic heterocycles. The molecule has 58 valence electrons. The van der Waals surface area contributed by atoms with E-state index in [2.05, 4.69) is 6.92 Å². The molecule has 2 unspecified atom stereocenters. The molecule has 2 atom stereocenters. The van der Waals surface area contributed by atoms with Crippen molar-refractivity contribution in [3.05, 3.63) is 0 Å². The predicted octanol–water partition coefficient (Wildman–Crippen LogP) is 0.0817. The first-order valence-corrected chi connectivity index (χ1v) is 3.65. The number of nitrogens with two attached hydrogens (primary N) is 1. The Hall–Kier alpha value is -0.410. The Morgan fingerprint density at radius 3 is 2.90 bits per heavy atom. The van der Waals surface area contributed by atoms with Crippen molar-refractivity contribution in [3.63, 3.8) is 0 Å². The topological polar surface area (TPSA) is 52.3 Å². The molecule has 0 saturated carbocycles. The van der Waals surface area contributed by atoms with E-state index in [-0.39, 0.29) is 24.5 Å². The van der Waals surface area contributed by atoms with E-state index in [0.29, 0.717) is 0 Å². The quantitative estimate of drug-likeness (QED) is 0.595. The summed E-state index contributed by atoms with van der Waals surface area (Å²) in [4.78, 5) is 10.8. The second-order valence-corrected chi connectivity index (χ2v) is 2.63. The molecule has 1 aliphatic heterocycles. The zero-order valence-electron chi connectivity index (χ0n) is 6.17. The molecular formula is C7H13NO2. The number of hydrogen-bond donors (Lipinski definition) is 1. The number of carbonyl (C=O) groups excluding carboxylic acids is 1. The van der Waals surface area contributed by atoms with Gasteiger partial charge in [0.2, 0.25) is 0 Å². The minimum absolute atomic E-state index is 0.0162. The van der Waals surface area contributed by atoms with Crippen LogP contribution in [-0.4, -0.2) is 24.5 Å². The molecule has 0 radical (unpaired) electrons. The van der Waals surface area contributed by atoms with Crippen molar-refractivity contribution < 1.29 is 9.53 Å². The minimum Gasteiger partial charge on any atom is -0.368 e. The lowest BCUT2D eigenvalue weighted by atomic mass is 10.1. The predicted molar refractivity (Wildman–Crippen MR) is 37.6 cm³/mol. The van der Waals surface area contributed by atoms with Crippen LogP contribution in [-0.2, 0) is 9.53 Å². The van der Waals surface area contributed by atoms with Crippen molar-refractivity contribution in [2.75, 3.05) is 6.61 Å². The van der Waals surface area contributed by atoms with Crippen LogP contribution in [0, 0.1) is 0 Å². The lowest BCUT2D eigenvalue weighted by molar-refractivity contribution is -0.118. The first kappa shape index (κ1) is 7.69. The molecule has 1 heterocycles. The van der Waals surface area contributed by atoms with Gasteiger partial charge in [-0.1, -0.05) is 13.3 Å². The Labute approximate surface area is 60.5 Å². The Morgan fingerprint density at radius 1 is 1.80 bits per heavy atom. The third kappa shape index (κ3) is 1.36. The number of Topliss-reactive ketones (excluding diaryl/α,β-unsaturated/α-hetero) is 1. The molecule has 10 heavy (non-hydrogen) atoms. The number of ether oxygens (including phenoxy) is 1. The fourth-order valence-corrected chi connectivity index (χ4v) is 1.14. The van der Waals surface area contributed by atoms with Crippen LogP contribution in [0.2, 0.25) is 0 Å². The summed E-state index contributed by atoms with van der Waals surface area (Å²) in [6.07, 6.45) is 1.90. The summed E-state index contributed by atoms with van der Waals surface area (Å²) in [5.74, 6) is 0.0402. The molecule has 0 aromatic carbocycles. The van der Waals surface area contributed by atoms with Crippen molar-refractivity contribution in [2.45, 2.75) is 31.9 Å². The molecule has 0 spiro atoms. The average molecular weight is 143 g/mol. The van der Waals surface area contributed by atoms with Gasteiger partial charge in [-0.05, 0) is 6.42 Å².